The summed E-state index contributed by atoms with van der Waals surface area (Å²) in [7, 11) is -5.05. The molecule has 0 aliphatic heterocycles. The van der Waals surface area contributed by atoms with Crippen LogP contribution in [0.4, 0.5) is 0 Å². The first kappa shape index (κ1) is 55.4. The van der Waals surface area contributed by atoms with Crippen LogP contribution in [-0.2, 0) is 18.4 Å². The Kier molecular flexibility index (Phi) is 34.3. The molecule has 12 nitrogen and oxygen atoms in total. The fourth-order valence-electron chi connectivity index (χ4n) is 7.97. The molecule has 0 saturated heterocycles. The van der Waals surface area contributed by atoms with Gasteiger partial charge in [-0.15, -0.1) is 0 Å². The van der Waals surface area contributed by atoms with Crippen LogP contribution in [-0.4, -0.2) is 96.8 Å². The summed E-state index contributed by atoms with van der Waals surface area (Å²) in [6.07, 6.45) is 25.6. The highest BCUT2D eigenvalue weighted by Crippen LogP contribution is 2.47. The van der Waals surface area contributed by atoms with Crippen molar-refractivity contribution in [3.8, 4) is 0 Å². The molecule has 1 aliphatic rings. The molecule has 0 aromatic carbocycles. The van der Waals surface area contributed by atoms with Gasteiger partial charge in [0.15, 0.2) is 0 Å². The smallest absolute Gasteiger partial charge is 0.391 e. The first-order chi connectivity index (χ1) is 27.9. The van der Waals surface area contributed by atoms with E-state index in [-0.39, 0.29) is 12.3 Å². The van der Waals surface area contributed by atoms with E-state index in [1.165, 1.54) is 148 Å². The molecule has 1 saturated carbocycles. The Bertz CT molecular complexity index is 994. The molecule has 6 unspecified atom stereocenters. The topological polar surface area (TPSA) is 206 Å². The third kappa shape index (κ3) is 27.3. The number of hydrogen-bond acceptors (Lipinski definition) is 10. The minimum absolute atomic E-state index is 0.242. The summed E-state index contributed by atoms with van der Waals surface area (Å²) < 4.78 is 23.0. The minimum Gasteiger partial charge on any atom is -0.391 e. The molecule has 0 aromatic rings. The van der Waals surface area contributed by atoms with Crippen LogP contribution >= 0.6 is 7.82 Å². The highest BCUT2D eigenvalue weighted by Gasteiger charge is 2.51. The van der Waals surface area contributed by atoms with Crippen LogP contribution in [0, 0.1) is 0 Å². The van der Waals surface area contributed by atoms with Crippen LogP contribution in [0.3, 0.4) is 0 Å². The van der Waals surface area contributed by atoms with Crippen molar-refractivity contribution in [3.63, 3.8) is 0 Å². The molecule has 0 spiro atoms. The molecule has 8 N–H and O–H groups in total. The Morgan fingerprint density at radius 3 is 1.19 bits per heavy atom. The lowest BCUT2D eigenvalue weighted by atomic mass is 9.85. The fourth-order valence-corrected chi connectivity index (χ4v) is 8.93. The number of amides is 1. The first-order valence-corrected chi connectivity index (χ1v) is 25.5. The molecule has 9 atom stereocenters. The van der Waals surface area contributed by atoms with Gasteiger partial charge in [-0.1, -0.05) is 206 Å². The SMILES string of the molecule is CCCCCCCCCCCCCCCCCCC[C@@H](O)[C@H](COP(=O)(O)OC1C(O)C(O)C(O)[C@@H](O)C1O)NC(=O)CCCCCCCCCCCCCCCC. The molecule has 0 bridgehead atoms. The van der Waals surface area contributed by atoms with E-state index in [0.29, 0.717) is 19.3 Å². The molecular weight excluding hydrogens is 761 g/mol. The fraction of sp³-hybridized carbons (Fsp3) is 0.978. The van der Waals surface area contributed by atoms with Crippen molar-refractivity contribution in [1.29, 1.82) is 0 Å². The zero-order valence-electron chi connectivity index (χ0n) is 36.9. The molecule has 1 aliphatic carbocycles. The maximum atomic E-state index is 13.0. The van der Waals surface area contributed by atoms with Crippen LogP contribution in [0.2, 0.25) is 0 Å². The van der Waals surface area contributed by atoms with Gasteiger partial charge in [0.25, 0.3) is 0 Å². The second-order valence-corrected chi connectivity index (χ2v) is 18.7. The summed E-state index contributed by atoms with van der Waals surface area (Å²) in [5, 5.41) is 64.2. The molecular formula is C45H90NO11P. The van der Waals surface area contributed by atoms with E-state index < -0.39 is 63.2 Å². The zero-order valence-corrected chi connectivity index (χ0v) is 37.8. The van der Waals surface area contributed by atoms with E-state index in [1.54, 1.807) is 0 Å². The van der Waals surface area contributed by atoms with Gasteiger partial charge < -0.3 is 40.8 Å². The normalized spacial score (nSPS) is 23.1. The lowest BCUT2D eigenvalue weighted by molar-refractivity contribution is -0.220. The number of aliphatic hydroxyl groups is 6. The van der Waals surface area contributed by atoms with Crippen LogP contribution in [0.1, 0.15) is 226 Å². The average molecular weight is 852 g/mol. The largest absolute Gasteiger partial charge is 0.472 e. The Labute approximate surface area is 353 Å². The first-order valence-electron chi connectivity index (χ1n) is 24.0. The summed E-state index contributed by atoms with van der Waals surface area (Å²) in [6, 6.07) is -1.02. The predicted octanol–water partition coefficient (Wildman–Crippen LogP) is 9.07. The number of phosphoric ester groups is 1. The van der Waals surface area contributed by atoms with Gasteiger partial charge in [0.1, 0.15) is 36.6 Å². The van der Waals surface area contributed by atoms with Crippen LogP contribution in [0.5, 0.6) is 0 Å². The number of hydrogen-bond donors (Lipinski definition) is 8. The standard InChI is InChI=1S/C45H90NO11P/c1-3-5-7-9-11-13-15-17-19-20-21-22-24-26-28-30-32-34-38(47)37(36-56-58(54,55)57-45-43(52)41(50)40(49)42(51)44(45)53)46-39(48)35-33-31-29-27-25-23-18-16-14-12-10-8-6-4-2/h37-38,40-45,47,49-53H,3-36H2,1-2H3,(H,46,48)(H,54,55)/t37-,38+,40?,41+,42?,43?,44?,45?/m0/s1. The number of rotatable bonds is 40. The Hall–Kier alpha value is -0.660. The summed E-state index contributed by atoms with van der Waals surface area (Å²) >= 11 is 0. The molecule has 0 aromatic heterocycles. The van der Waals surface area contributed by atoms with Crippen LogP contribution in [0.25, 0.3) is 0 Å². The van der Waals surface area contributed by atoms with E-state index in [9.17, 15) is 44.9 Å². The van der Waals surface area contributed by atoms with Crippen molar-refractivity contribution < 1.29 is 53.9 Å². The van der Waals surface area contributed by atoms with E-state index >= 15 is 0 Å². The van der Waals surface area contributed by atoms with E-state index in [0.717, 1.165) is 38.5 Å². The maximum absolute atomic E-state index is 13.0. The third-order valence-electron chi connectivity index (χ3n) is 11.9. The third-order valence-corrected chi connectivity index (χ3v) is 12.9. The van der Waals surface area contributed by atoms with Crippen molar-refractivity contribution in [2.45, 2.75) is 275 Å². The molecule has 346 valence electrons. The summed E-state index contributed by atoms with van der Waals surface area (Å²) in [4.78, 5) is 23.4. The Morgan fingerprint density at radius 2 is 0.828 bits per heavy atom. The molecule has 1 fully saturated rings. The van der Waals surface area contributed by atoms with Crippen molar-refractivity contribution >= 4 is 13.7 Å². The quantitative estimate of drug-likeness (QED) is 0.0216. The van der Waals surface area contributed by atoms with Gasteiger partial charge in [-0.3, -0.25) is 13.8 Å². The summed E-state index contributed by atoms with van der Waals surface area (Å²) in [5.74, 6) is -0.305. The molecule has 13 heteroatoms. The number of phosphoric acid groups is 1. The predicted molar refractivity (Wildman–Crippen MR) is 232 cm³/mol. The van der Waals surface area contributed by atoms with Gasteiger partial charge in [0.05, 0.1) is 18.8 Å². The Morgan fingerprint density at radius 1 is 0.517 bits per heavy atom. The monoisotopic (exact) mass is 852 g/mol. The molecule has 0 radical (unpaired) electrons. The van der Waals surface area contributed by atoms with Crippen molar-refractivity contribution in [2.24, 2.45) is 0 Å². The second-order valence-electron chi connectivity index (χ2n) is 17.3. The van der Waals surface area contributed by atoms with Crippen molar-refractivity contribution in [1.82, 2.24) is 5.32 Å². The number of aliphatic hydroxyl groups excluding tert-OH is 6. The number of carbonyl (C=O) groups is 1. The van der Waals surface area contributed by atoms with Gasteiger partial charge in [-0.05, 0) is 12.8 Å². The van der Waals surface area contributed by atoms with Gasteiger partial charge in [0, 0.05) is 6.42 Å². The number of carbonyl (C=O) groups excluding carboxylic acids is 1. The maximum Gasteiger partial charge on any atom is 0.472 e. The molecule has 1 amide bonds. The van der Waals surface area contributed by atoms with Crippen LogP contribution in [0.15, 0.2) is 0 Å². The van der Waals surface area contributed by atoms with Crippen molar-refractivity contribution in [3.05, 3.63) is 0 Å². The highest BCUT2D eigenvalue weighted by atomic mass is 31.2. The highest BCUT2D eigenvalue weighted by molar-refractivity contribution is 7.47. The van der Waals surface area contributed by atoms with Gasteiger partial charge in [0.2, 0.25) is 5.91 Å². The van der Waals surface area contributed by atoms with Gasteiger partial charge >= 0.3 is 7.82 Å². The van der Waals surface area contributed by atoms with Gasteiger partial charge in [-0.25, -0.2) is 4.57 Å². The number of unbranched alkanes of at least 4 members (excludes halogenated alkanes) is 29. The lowest BCUT2D eigenvalue weighted by Crippen LogP contribution is -2.64. The van der Waals surface area contributed by atoms with E-state index in [4.69, 9.17) is 9.05 Å². The van der Waals surface area contributed by atoms with Crippen molar-refractivity contribution in [2.75, 3.05) is 6.61 Å². The molecule has 0 heterocycles. The zero-order chi connectivity index (χ0) is 42.9. The number of nitrogens with one attached hydrogen (secondary N) is 1. The lowest BCUT2D eigenvalue weighted by Gasteiger charge is -2.41. The van der Waals surface area contributed by atoms with Gasteiger partial charge in [-0.2, -0.15) is 0 Å². The van der Waals surface area contributed by atoms with E-state index in [2.05, 4.69) is 19.2 Å². The second kappa shape index (κ2) is 35.9. The van der Waals surface area contributed by atoms with Crippen LogP contribution < -0.4 is 5.32 Å². The van der Waals surface area contributed by atoms with E-state index in [1.807, 2.05) is 0 Å². The summed E-state index contributed by atoms with van der Waals surface area (Å²) in [5.41, 5.74) is 0. The molecule has 1 rings (SSSR count). The minimum atomic E-state index is -5.05. The summed E-state index contributed by atoms with van der Waals surface area (Å²) in [6.45, 7) is 3.90. The molecule has 58 heavy (non-hydrogen) atoms. The average Bonchev–Trinajstić information content (AvgIpc) is 3.20. The Balaban J connectivity index is 2.44.